The Labute approximate surface area is 205 Å². The van der Waals surface area contributed by atoms with Crippen LogP contribution in [0.1, 0.15) is 48.9 Å². The summed E-state index contributed by atoms with van der Waals surface area (Å²) in [6.07, 6.45) is 0.711. The molecule has 10 nitrogen and oxygen atoms in total. The zero-order valence-electron chi connectivity index (χ0n) is 19.9. The number of cyclic esters (lactones) is 1. The Balaban J connectivity index is 1.43. The van der Waals surface area contributed by atoms with Crippen molar-refractivity contribution < 1.29 is 29.0 Å². The third-order valence-electron chi connectivity index (χ3n) is 6.74. The van der Waals surface area contributed by atoms with E-state index in [0.717, 1.165) is 22.0 Å². The van der Waals surface area contributed by atoms with E-state index in [1.165, 1.54) is 6.92 Å². The Morgan fingerprint density at radius 3 is 2.81 bits per heavy atom. The molecule has 1 amide bonds. The first kappa shape index (κ1) is 23.7. The predicted molar refractivity (Wildman–Crippen MR) is 128 cm³/mol. The molecule has 0 saturated carbocycles. The zero-order valence-corrected chi connectivity index (χ0v) is 19.9. The number of aliphatic hydroxyl groups is 1. The molecule has 0 fully saturated rings. The van der Waals surface area contributed by atoms with E-state index in [4.69, 9.17) is 14.5 Å². The molecule has 186 valence electrons. The van der Waals surface area contributed by atoms with Crippen molar-refractivity contribution in [2.24, 2.45) is 0 Å². The first-order chi connectivity index (χ1) is 17.2. The summed E-state index contributed by atoms with van der Waals surface area (Å²) in [5.41, 5.74) is 2.09. The zero-order chi connectivity index (χ0) is 25.6. The standard InChI is InChI=1S/C26H25N3O7/c1-3-26(34)19-10-21-23-17(11-29(21)24(32)18(19)12-35-25(26)33)9-16-8-15(4-6-20(16)28-23)5-7-22(31)36-13-27-14(2)30/h4,6,8-10,34H,3,5,7,11-13H2,1-2H3,(H,27,30)/t26-/m0/s1. The molecule has 0 aliphatic carbocycles. The Hall–Kier alpha value is -4.05. The summed E-state index contributed by atoms with van der Waals surface area (Å²) in [7, 11) is 0. The van der Waals surface area contributed by atoms with Gasteiger partial charge in [-0.3, -0.25) is 14.4 Å². The van der Waals surface area contributed by atoms with Crippen LogP contribution in [0.4, 0.5) is 0 Å². The number of benzene rings is 1. The van der Waals surface area contributed by atoms with Crippen LogP contribution in [0.25, 0.3) is 22.3 Å². The Morgan fingerprint density at radius 2 is 2.06 bits per heavy atom. The minimum absolute atomic E-state index is 0.0866. The van der Waals surface area contributed by atoms with Crippen LogP contribution in [0.3, 0.4) is 0 Å². The van der Waals surface area contributed by atoms with Crippen molar-refractivity contribution in [1.29, 1.82) is 0 Å². The number of aromatic nitrogens is 2. The molecule has 10 heteroatoms. The van der Waals surface area contributed by atoms with Gasteiger partial charge in [-0.15, -0.1) is 0 Å². The molecule has 2 aliphatic heterocycles. The van der Waals surface area contributed by atoms with Gasteiger partial charge < -0.3 is 24.5 Å². The molecule has 2 N–H and O–H groups in total. The second-order valence-corrected chi connectivity index (χ2v) is 9.02. The average molecular weight is 492 g/mol. The number of aryl methyl sites for hydroxylation is 1. The lowest BCUT2D eigenvalue weighted by Crippen LogP contribution is -2.44. The molecule has 0 saturated heterocycles. The van der Waals surface area contributed by atoms with E-state index in [9.17, 15) is 24.3 Å². The molecule has 0 spiro atoms. The minimum Gasteiger partial charge on any atom is -0.458 e. The number of carbonyl (C=O) groups is 3. The summed E-state index contributed by atoms with van der Waals surface area (Å²) < 4.78 is 11.7. The van der Waals surface area contributed by atoms with Crippen molar-refractivity contribution >= 4 is 28.7 Å². The maximum absolute atomic E-state index is 13.3. The van der Waals surface area contributed by atoms with Crippen molar-refractivity contribution in [3.8, 4) is 11.4 Å². The van der Waals surface area contributed by atoms with Crippen LogP contribution in [-0.2, 0) is 49.0 Å². The number of pyridine rings is 2. The molecule has 0 radical (unpaired) electrons. The Morgan fingerprint density at radius 1 is 1.25 bits per heavy atom. The number of esters is 2. The summed E-state index contributed by atoms with van der Waals surface area (Å²) in [5.74, 6) is -1.44. The molecular weight excluding hydrogens is 466 g/mol. The smallest absolute Gasteiger partial charge is 0.343 e. The number of nitrogens with zero attached hydrogens (tertiary/aromatic N) is 2. The highest BCUT2D eigenvalue weighted by Crippen LogP contribution is 2.38. The first-order valence-electron chi connectivity index (χ1n) is 11.7. The average Bonchev–Trinajstić information content (AvgIpc) is 3.21. The van der Waals surface area contributed by atoms with E-state index in [1.807, 2.05) is 24.3 Å². The minimum atomic E-state index is -1.86. The van der Waals surface area contributed by atoms with Gasteiger partial charge in [0.15, 0.2) is 12.3 Å². The number of rotatable bonds is 6. The quantitative estimate of drug-likeness (QED) is 0.307. The van der Waals surface area contributed by atoms with Gasteiger partial charge in [0.25, 0.3) is 5.56 Å². The van der Waals surface area contributed by atoms with Gasteiger partial charge in [0.05, 0.1) is 29.0 Å². The van der Waals surface area contributed by atoms with Gasteiger partial charge in [0.1, 0.15) is 6.61 Å². The van der Waals surface area contributed by atoms with Gasteiger partial charge >= 0.3 is 11.9 Å². The number of nitrogens with one attached hydrogen (secondary N) is 1. The lowest BCUT2D eigenvalue weighted by Gasteiger charge is -2.31. The second kappa shape index (κ2) is 8.87. The molecule has 0 bridgehead atoms. The molecule has 1 aromatic carbocycles. The SMILES string of the molecule is CC[C@@]1(O)C(=O)OCc2c1cc1n(c2=O)Cc2cc3cc(CCC(=O)OCNC(C)=O)ccc3nc2-1. The lowest BCUT2D eigenvalue weighted by molar-refractivity contribution is -0.172. The molecule has 2 aromatic heterocycles. The van der Waals surface area contributed by atoms with E-state index in [-0.39, 0.29) is 48.8 Å². The van der Waals surface area contributed by atoms with E-state index >= 15 is 0 Å². The van der Waals surface area contributed by atoms with Crippen LogP contribution >= 0.6 is 0 Å². The maximum Gasteiger partial charge on any atom is 0.343 e. The molecule has 5 rings (SSSR count). The summed E-state index contributed by atoms with van der Waals surface area (Å²) in [6, 6.07) is 9.33. The van der Waals surface area contributed by atoms with Crippen molar-refractivity contribution in [3.05, 3.63) is 62.9 Å². The fourth-order valence-corrected chi connectivity index (χ4v) is 4.73. The third-order valence-corrected chi connectivity index (χ3v) is 6.74. The van der Waals surface area contributed by atoms with Crippen LogP contribution < -0.4 is 10.9 Å². The maximum atomic E-state index is 13.3. The third kappa shape index (κ3) is 3.93. The first-order valence-corrected chi connectivity index (χ1v) is 11.7. The second-order valence-electron chi connectivity index (χ2n) is 9.02. The largest absolute Gasteiger partial charge is 0.458 e. The van der Waals surface area contributed by atoms with Gasteiger partial charge in [0, 0.05) is 29.9 Å². The normalized spacial score (nSPS) is 17.7. The predicted octanol–water partition coefficient (Wildman–Crippen LogP) is 1.65. The van der Waals surface area contributed by atoms with E-state index < -0.39 is 17.5 Å². The Kier molecular flexibility index (Phi) is 5.83. The van der Waals surface area contributed by atoms with Gasteiger partial charge in [-0.1, -0.05) is 13.0 Å². The van der Waals surface area contributed by atoms with Crippen molar-refractivity contribution in [2.45, 2.75) is 51.9 Å². The number of ether oxygens (including phenoxy) is 2. The highest BCUT2D eigenvalue weighted by Gasteiger charge is 2.45. The molecule has 0 unspecified atom stereocenters. The summed E-state index contributed by atoms with van der Waals surface area (Å²) in [4.78, 5) is 53.1. The van der Waals surface area contributed by atoms with Crippen LogP contribution in [-0.4, -0.2) is 39.2 Å². The van der Waals surface area contributed by atoms with Crippen molar-refractivity contribution in [1.82, 2.24) is 14.9 Å². The van der Waals surface area contributed by atoms with Gasteiger partial charge in [0.2, 0.25) is 5.91 Å². The molecule has 2 aliphatic rings. The highest BCUT2D eigenvalue weighted by atomic mass is 16.6. The Bertz CT molecular complexity index is 1490. The number of hydrogen-bond donors (Lipinski definition) is 2. The van der Waals surface area contributed by atoms with Crippen LogP contribution in [0.15, 0.2) is 35.1 Å². The van der Waals surface area contributed by atoms with E-state index in [0.29, 0.717) is 24.4 Å². The van der Waals surface area contributed by atoms with Crippen LogP contribution in [0.2, 0.25) is 0 Å². The molecule has 1 atom stereocenters. The monoisotopic (exact) mass is 491 g/mol. The fraction of sp³-hybridized carbons (Fsp3) is 0.346. The van der Waals surface area contributed by atoms with Crippen LogP contribution in [0.5, 0.6) is 0 Å². The van der Waals surface area contributed by atoms with Crippen molar-refractivity contribution in [2.75, 3.05) is 6.73 Å². The summed E-state index contributed by atoms with van der Waals surface area (Å²) in [5, 5.41) is 14.3. The number of carbonyl (C=O) groups excluding carboxylic acids is 3. The van der Waals surface area contributed by atoms with Gasteiger partial charge in [-0.05, 0) is 42.7 Å². The fourth-order valence-electron chi connectivity index (χ4n) is 4.73. The number of hydrogen-bond acceptors (Lipinski definition) is 8. The highest BCUT2D eigenvalue weighted by molar-refractivity contribution is 5.86. The molecular formula is C26H25N3O7. The lowest BCUT2D eigenvalue weighted by atomic mass is 9.86. The molecule has 3 aromatic rings. The van der Waals surface area contributed by atoms with Crippen molar-refractivity contribution in [3.63, 3.8) is 0 Å². The van der Waals surface area contributed by atoms with Crippen LogP contribution in [0, 0.1) is 0 Å². The molecule has 4 heterocycles. The van der Waals surface area contributed by atoms with E-state index in [2.05, 4.69) is 5.32 Å². The number of amides is 1. The summed E-state index contributed by atoms with van der Waals surface area (Å²) in [6.45, 7) is 3.01. The van der Waals surface area contributed by atoms with Gasteiger partial charge in [-0.25, -0.2) is 9.78 Å². The van der Waals surface area contributed by atoms with Gasteiger partial charge in [-0.2, -0.15) is 0 Å². The topological polar surface area (TPSA) is 137 Å². The molecule has 36 heavy (non-hydrogen) atoms. The van der Waals surface area contributed by atoms with E-state index in [1.54, 1.807) is 17.6 Å². The number of fused-ring (bicyclic) bond motifs is 5. The summed E-state index contributed by atoms with van der Waals surface area (Å²) >= 11 is 0.